The van der Waals surface area contributed by atoms with E-state index < -0.39 is 0 Å². The first-order valence-electron chi connectivity index (χ1n) is 6.11. The van der Waals surface area contributed by atoms with E-state index >= 15 is 0 Å². The topological polar surface area (TPSA) is 52.3 Å². The maximum Gasteiger partial charge on any atom is 0.337 e. The van der Waals surface area contributed by atoms with Crippen LogP contribution in [0, 0.1) is 0 Å². The molecular formula is C14H19NO2. The van der Waals surface area contributed by atoms with Gasteiger partial charge in [-0.25, -0.2) is 4.79 Å². The Kier molecular flexibility index (Phi) is 3.48. The predicted molar refractivity (Wildman–Crippen MR) is 67.0 cm³/mol. The van der Waals surface area contributed by atoms with E-state index in [1.807, 2.05) is 12.1 Å². The van der Waals surface area contributed by atoms with Crippen LogP contribution in [0.3, 0.4) is 0 Å². The van der Waals surface area contributed by atoms with Crippen molar-refractivity contribution in [3.63, 3.8) is 0 Å². The van der Waals surface area contributed by atoms with Gasteiger partial charge in [0.2, 0.25) is 0 Å². The molecule has 0 heterocycles. The van der Waals surface area contributed by atoms with Crippen LogP contribution >= 0.6 is 0 Å². The number of rotatable bonds is 3. The largest absolute Gasteiger partial charge is 0.465 e. The van der Waals surface area contributed by atoms with Gasteiger partial charge in [-0.05, 0) is 30.5 Å². The quantitative estimate of drug-likeness (QED) is 0.815. The molecule has 0 amide bonds. The standard InChI is InChI=1S/C14H19NO2/c1-17-13(16)11-5-4-6-12(9-11)14(10-15)7-2-3-8-14/h4-6,9H,2-3,7-8,10,15H2,1H3. The first kappa shape index (κ1) is 12.1. The molecule has 0 bridgehead atoms. The number of carbonyl (C=O) groups excluding carboxylic acids is 1. The summed E-state index contributed by atoms with van der Waals surface area (Å²) in [5, 5.41) is 0. The number of hydrogen-bond acceptors (Lipinski definition) is 3. The summed E-state index contributed by atoms with van der Waals surface area (Å²) in [5.41, 5.74) is 7.81. The van der Waals surface area contributed by atoms with Gasteiger partial charge in [-0.2, -0.15) is 0 Å². The molecule has 0 radical (unpaired) electrons. The maximum atomic E-state index is 11.5. The monoisotopic (exact) mass is 233 g/mol. The number of nitrogens with two attached hydrogens (primary N) is 1. The average Bonchev–Trinajstić information content (AvgIpc) is 2.88. The van der Waals surface area contributed by atoms with Gasteiger partial charge in [0.25, 0.3) is 0 Å². The van der Waals surface area contributed by atoms with E-state index in [1.165, 1.54) is 25.5 Å². The van der Waals surface area contributed by atoms with Crippen molar-refractivity contribution in [1.29, 1.82) is 0 Å². The van der Waals surface area contributed by atoms with Gasteiger partial charge in [-0.3, -0.25) is 0 Å². The van der Waals surface area contributed by atoms with Gasteiger partial charge in [0.05, 0.1) is 12.7 Å². The summed E-state index contributed by atoms with van der Waals surface area (Å²) >= 11 is 0. The Morgan fingerprint density at radius 1 is 1.41 bits per heavy atom. The highest BCUT2D eigenvalue weighted by Crippen LogP contribution is 2.40. The molecule has 1 aromatic rings. The van der Waals surface area contributed by atoms with Crippen molar-refractivity contribution < 1.29 is 9.53 Å². The third-order valence-corrected chi connectivity index (χ3v) is 3.85. The molecule has 0 spiro atoms. The fourth-order valence-electron chi connectivity index (χ4n) is 2.76. The summed E-state index contributed by atoms with van der Waals surface area (Å²) in [6.07, 6.45) is 4.68. The highest BCUT2D eigenvalue weighted by atomic mass is 16.5. The molecule has 2 rings (SSSR count). The molecule has 1 saturated carbocycles. The minimum absolute atomic E-state index is 0.0734. The van der Waals surface area contributed by atoms with E-state index in [9.17, 15) is 4.79 Å². The summed E-state index contributed by atoms with van der Waals surface area (Å²) in [6.45, 7) is 0.650. The van der Waals surface area contributed by atoms with E-state index in [4.69, 9.17) is 10.5 Å². The molecule has 17 heavy (non-hydrogen) atoms. The average molecular weight is 233 g/mol. The molecule has 1 aliphatic rings. The molecule has 0 aromatic heterocycles. The lowest BCUT2D eigenvalue weighted by atomic mass is 9.78. The Labute approximate surface area is 102 Å². The molecule has 2 N–H and O–H groups in total. The van der Waals surface area contributed by atoms with Gasteiger partial charge in [0.1, 0.15) is 0 Å². The van der Waals surface area contributed by atoms with Crippen LogP contribution in [0.5, 0.6) is 0 Å². The Morgan fingerprint density at radius 3 is 2.71 bits per heavy atom. The molecule has 0 unspecified atom stereocenters. The molecule has 0 saturated heterocycles. The fourth-order valence-corrected chi connectivity index (χ4v) is 2.76. The van der Waals surface area contributed by atoms with Gasteiger partial charge in [0, 0.05) is 12.0 Å². The van der Waals surface area contributed by atoms with Crippen LogP contribution in [-0.2, 0) is 10.2 Å². The van der Waals surface area contributed by atoms with E-state index in [0.29, 0.717) is 12.1 Å². The molecule has 1 aliphatic carbocycles. The van der Waals surface area contributed by atoms with Crippen molar-refractivity contribution in [2.75, 3.05) is 13.7 Å². The Hall–Kier alpha value is -1.35. The van der Waals surface area contributed by atoms with Crippen LogP contribution in [0.25, 0.3) is 0 Å². The molecule has 3 nitrogen and oxygen atoms in total. The molecule has 1 aromatic carbocycles. The lowest BCUT2D eigenvalue weighted by molar-refractivity contribution is 0.0600. The smallest absolute Gasteiger partial charge is 0.337 e. The SMILES string of the molecule is COC(=O)c1cccc(C2(CN)CCCC2)c1. The number of hydrogen-bond donors (Lipinski definition) is 1. The van der Waals surface area contributed by atoms with Crippen molar-refractivity contribution in [3.8, 4) is 0 Å². The molecule has 0 aliphatic heterocycles. The lowest BCUT2D eigenvalue weighted by Gasteiger charge is -2.28. The molecule has 1 fully saturated rings. The van der Waals surface area contributed by atoms with Crippen LogP contribution in [-0.4, -0.2) is 19.6 Å². The zero-order valence-corrected chi connectivity index (χ0v) is 10.2. The van der Waals surface area contributed by atoms with Crippen LogP contribution in [0.1, 0.15) is 41.6 Å². The number of esters is 1. The normalized spacial score (nSPS) is 18.0. The van der Waals surface area contributed by atoms with Gasteiger partial charge in [0.15, 0.2) is 0 Å². The molecule has 3 heteroatoms. The van der Waals surface area contributed by atoms with Crippen molar-refractivity contribution in [2.45, 2.75) is 31.1 Å². The number of methoxy groups -OCH3 is 1. The predicted octanol–water partition coefficient (Wildman–Crippen LogP) is 2.24. The second-order valence-electron chi connectivity index (χ2n) is 4.76. The molecule has 0 atom stereocenters. The minimum Gasteiger partial charge on any atom is -0.465 e. The number of ether oxygens (including phenoxy) is 1. The third kappa shape index (κ3) is 2.20. The fraction of sp³-hybridized carbons (Fsp3) is 0.500. The van der Waals surface area contributed by atoms with Gasteiger partial charge >= 0.3 is 5.97 Å². The summed E-state index contributed by atoms with van der Waals surface area (Å²) in [4.78, 5) is 11.5. The van der Waals surface area contributed by atoms with Crippen LogP contribution < -0.4 is 5.73 Å². The van der Waals surface area contributed by atoms with E-state index in [1.54, 1.807) is 6.07 Å². The highest BCUT2D eigenvalue weighted by Gasteiger charge is 2.34. The number of benzene rings is 1. The highest BCUT2D eigenvalue weighted by molar-refractivity contribution is 5.89. The minimum atomic E-state index is -0.281. The maximum absolute atomic E-state index is 11.5. The van der Waals surface area contributed by atoms with Crippen molar-refractivity contribution >= 4 is 5.97 Å². The zero-order chi connectivity index (χ0) is 12.3. The lowest BCUT2D eigenvalue weighted by Crippen LogP contribution is -2.32. The van der Waals surface area contributed by atoms with Crippen molar-refractivity contribution in [2.24, 2.45) is 5.73 Å². The van der Waals surface area contributed by atoms with Gasteiger partial charge in [-0.1, -0.05) is 25.0 Å². The van der Waals surface area contributed by atoms with Crippen molar-refractivity contribution in [1.82, 2.24) is 0 Å². The second-order valence-corrected chi connectivity index (χ2v) is 4.76. The van der Waals surface area contributed by atoms with Crippen LogP contribution in [0.2, 0.25) is 0 Å². The van der Waals surface area contributed by atoms with Crippen LogP contribution in [0.15, 0.2) is 24.3 Å². The van der Waals surface area contributed by atoms with Gasteiger partial charge in [-0.15, -0.1) is 0 Å². The molecule has 92 valence electrons. The molecular weight excluding hydrogens is 214 g/mol. The van der Waals surface area contributed by atoms with E-state index in [0.717, 1.165) is 12.8 Å². The summed E-state index contributed by atoms with van der Waals surface area (Å²) in [6, 6.07) is 7.71. The number of carbonyl (C=O) groups is 1. The second kappa shape index (κ2) is 4.88. The van der Waals surface area contributed by atoms with E-state index in [2.05, 4.69) is 6.07 Å². The Morgan fingerprint density at radius 2 is 2.12 bits per heavy atom. The summed E-state index contributed by atoms with van der Waals surface area (Å²) < 4.78 is 4.75. The first-order chi connectivity index (χ1) is 8.22. The van der Waals surface area contributed by atoms with E-state index in [-0.39, 0.29) is 11.4 Å². The summed E-state index contributed by atoms with van der Waals surface area (Å²) in [5.74, 6) is -0.281. The third-order valence-electron chi connectivity index (χ3n) is 3.85. The first-order valence-corrected chi connectivity index (χ1v) is 6.11. The zero-order valence-electron chi connectivity index (χ0n) is 10.2. The van der Waals surface area contributed by atoms with Gasteiger partial charge < -0.3 is 10.5 Å². The van der Waals surface area contributed by atoms with Crippen molar-refractivity contribution in [3.05, 3.63) is 35.4 Å². The Balaban J connectivity index is 2.35. The van der Waals surface area contributed by atoms with Crippen LogP contribution in [0.4, 0.5) is 0 Å². The summed E-state index contributed by atoms with van der Waals surface area (Å²) in [7, 11) is 1.41. The Bertz CT molecular complexity index is 408.